The van der Waals surface area contributed by atoms with Crippen LogP contribution in [0.25, 0.3) is 10.4 Å². The minimum Gasteiger partial charge on any atom is -0.494 e. The van der Waals surface area contributed by atoms with Crippen molar-refractivity contribution in [2.45, 2.75) is 49.9 Å². The van der Waals surface area contributed by atoms with Gasteiger partial charge in [0, 0.05) is 40.4 Å². The SMILES string of the molecule is [N-]=[N+]=NCc1ccccc1[C@H]1OC(c2ccc(OCCCO)cc2)=N[C@@]1(Cc1ccccc1Br)C(=O)NC1Cc2ccccc2C1. The number of amides is 1. The van der Waals surface area contributed by atoms with Crippen LogP contribution in [0.15, 0.2) is 112 Å². The molecular formula is C36H34BrN5O4. The van der Waals surface area contributed by atoms with Gasteiger partial charge in [0.25, 0.3) is 5.91 Å². The van der Waals surface area contributed by atoms with E-state index in [4.69, 9.17) is 25.1 Å². The Morgan fingerprint density at radius 1 is 1.00 bits per heavy atom. The third-order valence-electron chi connectivity index (χ3n) is 8.48. The van der Waals surface area contributed by atoms with Crippen molar-refractivity contribution >= 4 is 27.7 Å². The largest absolute Gasteiger partial charge is 0.494 e. The van der Waals surface area contributed by atoms with Gasteiger partial charge in [-0.2, -0.15) is 0 Å². The number of hydrogen-bond donors (Lipinski definition) is 2. The highest BCUT2D eigenvalue weighted by Crippen LogP contribution is 2.45. The second-order valence-electron chi connectivity index (χ2n) is 11.5. The summed E-state index contributed by atoms with van der Waals surface area (Å²) in [7, 11) is 0. The molecule has 6 rings (SSSR count). The Kier molecular flexibility index (Phi) is 9.68. The fourth-order valence-corrected chi connectivity index (χ4v) is 6.63. The van der Waals surface area contributed by atoms with Gasteiger partial charge >= 0.3 is 0 Å². The first-order chi connectivity index (χ1) is 22.5. The molecule has 1 aliphatic carbocycles. The number of carbonyl (C=O) groups excluding carboxylic acids is 1. The Bertz CT molecular complexity index is 1760. The van der Waals surface area contributed by atoms with E-state index in [0.717, 1.165) is 34.0 Å². The molecule has 1 heterocycles. The predicted molar refractivity (Wildman–Crippen MR) is 180 cm³/mol. The number of azide groups is 1. The summed E-state index contributed by atoms with van der Waals surface area (Å²) in [6, 6.07) is 30.9. The van der Waals surface area contributed by atoms with Crippen LogP contribution >= 0.6 is 15.9 Å². The van der Waals surface area contributed by atoms with Crippen LogP contribution in [-0.2, 0) is 35.3 Å². The number of nitrogens with one attached hydrogen (secondary N) is 1. The highest BCUT2D eigenvalue weighted by Gasteiger charge is 2.54. The van der Waals surface area contributed by atoms with E-state index in [-0.39, 0.29) is 31.5 Å². The maximum atomic E-state index is 14.8. The van der Waals surface area contributed by atoms with Crippen molar-refractivity contribution in [3.05, 3.63) is 145 Å². The maximum absolute atomic E-state index is 14.8. The molecule has 46 heavy (non-hydrogen) atoms. The fourth-order valence-electron chi connectivity index (χ4n) is 6.20. The van der Waals surface area contributed by atoms with Crippen LogP contribution in [0.4, 0.5) is 0 Å². The van der Waals surface area contributed by atoms with Crippen LogP contribution in [0.2, 0.25) is 0 Å². The van der Waals surface area contributed by atoms with E-state index >= 15 is 0 Å². The van der Waals surface area contributed by atoms with Crippen molar-refractivity contribution in [3.63, 3.8) is 0 Å². The van der Waals surface area contributed by atoms with Crippen molar-refractivity contribution < 1.29 is 19.4 Å². The number of ether oxygens (including phenoxy) is 2. The molecule has 0 bridgehead atoms. The van der Waals surface area contributed by atoms with E-state index < -0.39 is 11.6 Å². The van der Waals surface area contributed by atoms with E-state index in [1.165, 1.54) is 11.1 Å². The first-order valence-corrected chi connectivity index (χ1v) is 16.1. The number of fused-ring (bicyclic) bond motifs is 1. The highest BCUT2D eigenvalue weighted by molar-refractivity contribution is 9.10. The molecule has 2 atom stereocenters. The number of aliphatic hydroxyl groups excluding tert-OH is 1. The summed E-state index contributed by atoms with van der Waals surface area (Å²) in [6.45, 7) is 0.559. The van der Waals surface area contributed by atoms with Crippen molar-refractivity contribution in [3.8, 4) is 5.75 Å². The fraction of sp³-hybridized carbons (Fsp3) is 0.278. The molecular weight excluding hydrogens is 646 g/mol. The lowest BCUT2D eigenvalue weighted by Gasteiger charge is -2.33. The second-order valence-corrected chi connectivity index (χ2v) is 12.3. The summed E-state index contributed by atoms with van der Waals surface area (Å²) >= 11 is 3.70. The second kappa shape index (κ2) is 14.2. The summed E-state index contributed by atoms with van der Waals surface area (Å²) in [4.78, 5) is 23.0. The number of benzene rings is 4. The van der Waals surface area contributed by atoms with Crippen LogP contribution in [0, 0.1) is 0 Å². The average molecular weight is 681 g/mol. The number of nitrogens with zero attached hydrogens (tertiary/aromatic N) is 4. The molecule has 10 heteroatoms. The molecule has 0 spiro atoms. The van der Waals surface area contributed by atoms with Crippen molar-refractivity contribution in [1.29, 1.82) is 0 Å². The number of aliphatic imine (C=N–C) groups is 1. The van der Waals surface area contributed by atoms with E-state index in [0.29, 0.717) is 30.2 Å². The van der Waals surface area contributed by atoms with E-state index in [9.17, 15) is 4.79 Å². The Labute approximate surface area is 276 Å². The Morgan fingerprint density at radius 2 is 1.67 bits per heavy atom. The molecule has 9 nitrogen and oxygen atoms in total. The maximum Gasteiger partial charge on any atom is 0.252 e. The molecule has 0 unspecified atom stereocenters. The van der Waals surface area contributed by atoms with Gasteiger partial charge in [-0.1, -0.05) is 87.8 Å². The van der Waals surface area contributed by atoms with E-state index in [1.807, 2.05) is 84.9 Å². The van der Waals surface area contributed by atoms with E-state index in [1.54, 1.807) is 0 Å². The smallest absolute Gasteiger partial charge is 0.252 e. The molecule has 0 saturated carbocycles. The molecule has 2 N–H and O–H groups in total. The standard InChI is InChI=1S/C36H34BrN5O4/c37-32-13-6-4-10-27(32)22-36(35(44)40-29-20-25-8-1-2-9-26(25)21-29)33(31-12-5-3-11-28(31)23-39-42-38)46-34(41-36)24-14-16-30(17-15-24)45-19-7-18-43/h1-6,8-17,29,33,43H,7,18-23H2,(H,40,44)/t33-,36-/m1/s1. The van der Waals surface area contributed by atoms with Gasteiger partial charge in [0.05, 0.1) is 13.2 Å². The topological polar surface area (TPSA) is 129 Å². The van der Waals surface area contributed by atoms with Gasteiger partial charge in [-0.3, -0.25) is 4.79 Å². The minimum absolute atomic E-state index is 0.0554. The first-order valence-electron chi connectivity index (χ1n) is 15.3. The molecule has 234 valence electrons. The Morgan fingerprint density at radius 3 is 2.37 bits per heavy atom. The molecule has 0 radical (unpaired) electrons. The lowest BCUT2D eigenvalue weighted by molar-refractivity contribution is -0.129. The Hall–Kier alpha value is -4.63. The molecule has 1 aliphatic heterocycles. The molecule has 0 aromatic heterocycles. The van der Waals surface area contributed by atoms with Crippen molar-refractivity contribution in [2.24, 2.45) is 10.1 Å². The van der Waals surface area contributed by atoms with Crippen LogP contribution in [0.5, 0.6) is 5.75 Å². The third kappa shape index (κ3) is 6.65. The van der Waals surface area contributed by atoms with Crippen LogP contribution in [0.3, 0.4) is 0 Å². The van der Waals surface area contributed by atoms with Gasteiger partial charge in [0.1, 0.15) is 5.75 Å². The molecule has 0 saturated heterocycles. The molecule has 2 aliphatic rings. The van der Waals surface area contributed by atoms with Gasteiger partial charge in [-0.05, 0) is 76.5 Å². The minimum atomic E-state index is -1.39. The van der Waals surface area contributed by atoms with Gasteiger partial charge in [0.15, 0.2) is 11.6 Å². The molecule has 0 fully saturated rings. The average Bonchev–Trinajstić information content (AvgIpc) is 3.67. The van der Waals surface area contributed by atoms with Gasteiger partial charge in [-0.15, -0.1) is 0 Å². The Balaban J connectivity index is 1.44. The summed E-state index contributed by atoms with van der Waals surface area (Å²) in [6.07, 6.45) is 1.45. The van der Waals surface area contributed by atoms with Crippen molar-refractivity contribution in [1.82, 2.24) is 5.32 Å². The summed E-state index contributed by atoms with van der Waals surface area (Å²) in [5, 5.41) is 16.3. The van der Waals surface area contributed by atoms with Crippen LogP contribution in [-0.4, -0.2) is 41.7 Å². The molecule has 4 aromatic carbocycles. The molecule has 4 aromatic rings. The van der Waals surface area contributed by atoms with Crippen LogP contribution < -0.4 is 10.1 Å². The zero-order chi connectivity index (χ0) is 31.9. The summed E-state index contributed by atoms with van der Waals surface area (Å²) < 4.78 is 13.3. The van der Waals surface area contributed by atoms with Crippen molar-refractivity contribution in [2.75, 3.05) is 13.2 Å². The lowest BCUT2D eigenvalue weighted by atomic mass is 9.80. The lowest BCUT2D eigenvalue weighted by Crippen LogP contribution is -2.53. The monoisotopic (exact) mass is 679 g/mol. The predicted octanol–water partition coefficient (Wildman–Crippen LogP) is 6.80. The third-order valence-corrected chi connectivity index (χ3v) is 9.25. The van der Waals surface area contributed by atoms with Gasteiger partial charge < -0.3 is 19.9 Å². The normalized spacial score (nSPS) is 18.7. The van der Waals surface area contributed by atoms with Gasteiger partial charge in [-0.25, -0.2) is 4.99 Å². The zero-order valence-electron chi connectivity index (χ0n) is 25.2. The van der Waals surface area contributed by atoms with Gasteiger partial charge in [0.2, 0.25) is 5.90 Å². The number of carbonyl (C=O) groups is 1. The molecule has 1 amide bonds. The quantitative estimate of drug-likeness (QED) is 0.0738. The number of halogens is 1. The summed E-state index contributed by atoms with van der Waals surface area (Å²) in [5.74, 6) is 0.760. The number of hydrogen-bond acceptors (Lipinski definition) is 6. The summed E-state index contributed by atoms with van der Waals surface area (Å²) in [5.41, 5.74) is 13.3. The highest BCUT2D eigenvalue weighted by atomic mass is 79.9. The van der Waals surface area contributed by atoms with E-state index in [2.05, 4.69) is 43.4 Å². The van der Waals surface area contributed by atoms with Crippen LogP contribution in [0.1, 0.15) is 45.9 Å². The number of rotatable bonds is 12. The first kappa shape index (κ1) is 31.4. The number of aliphatic hydroxyl groups is 1. The zero-order valence-corrected chi connectivity index (χ0v) is 26.8.